The topological polar surface area (TPSA) is 146 Å². The molecule has 2 aliphatic rings. The fraction of sp³-hybridized carbons (Fsp3) is 0.500. The van der Waals surface area contributed by atoms with Crippen LogP contribution in [0.15, 0.2) is 60.9 Å². The third-order valence-electron chi connectivity index (χ3n) is 10.5. The average molecular weight is 738 g/mol. The number of alkyl carbamates (subject to hydrolysis) is 1. The molecule has 4 atom stereocenters. The maximum atomic E-state index is 13.7. The predicted molar refractivity (Wildman–Crippen MR) is 207 cm³/mol. The number of amides is 3. The quantitative estimate of drug-likeness (QED) is 0.140. The van der Waals surface area contributed by atoms with Gasteiger partial charge < -0.3 is 34.6 Å². The SMILES string of the molecule is CC(C)[C@@H](C)C(=O)N1CCC[C@H]1c1ncc(-c2ccc(Oc3ccc(-c4cnc([C@@H]5CCCN5C(=O)[C@H](NC(=O)OC(C)(C)C)C(C)C)[nH]4)cc3)cc2)[nH]1. The van der Waals surface area contributed by atoms with Crippen LogP contribution in [0.3, 0.4) is 0 Å². The Morgan fingerprint density at radius 3 is 1.61 bits per heavy atom. The minimum absolute atomic E-state index is 0.0186. The largest absolute Gasteiger partial charge is 0.457 e. The van der Waals surface area contributed by atoms with Crippen molar-refractivity contribution in [2.75, 3.05) is 13.1 Å². The van der Waals surface area contributed by atoms with Crippen LogP contribution in [-0.4, -0.2) is 72.4 Å². The summed E-state index contributed by atoms with van der Waals surface area (Å²) in [5.74, 6) is 3.17. The molecule has 0 radical (unpaired) electrons. The zero-order chi connectivity index (χ0) is 38.7. The van der Waals surface area contributed by atoms with E-state index >= 15 is 0 Å². The number of carbonyl (C=O) groups is 3. The van der Waals surface area contributed by atoms with Gasteiger partial charge in [-0.3, -0.25) is 9.59 Å². The summed E-state index contributed by atoms with van der Waals surface area (Å²) in [6.07, 6.45) is 6.54. The first kappa shape index (κ1) is 38.6. The number of ether oxygens (including phenoxy) is 2. The van der Waals surface area contributed by atoms with Crippen LogP contribution in [0.1, 0.15) is 105 Å². The van der Waals surface area contributed by atoms with Crippen LogP contribution in [0.2, 0.25) is 0 Å². The Balaban J connectivity index is 1.06. The highest BCUT2D eigenvalue weighted by molar-refractivity contribution is 5.86. The Hall–Kier alpha value is -5.13. The molecule has 54 heavy (non-hydrogen) atoms. The van der Waals surface area contributed by atoms with Crippen molar-refractivity contribution in [3.8, 4) is 34.0 Å². The second-order valence-corrected chi connectivity index (χ2v) is 16.3. The molecule has 12 nitrogen and oxygen atoms in total. The van der Waals surface area contributed by atoms with Gasteiger partial charge in [-0.05, 0) is 118 Å². The normalized spacial score (nSPS) is 18.6. The molecule has 2 saturated heterocycles. The Morgan fingerprint density at radius 2 is 1.19 bits per heavy atom. The van der Waals surface area contributed by atoms with Gasteiger partial charge in [-0.2, -0.15) is 0 Å². The molecule has 0 saturated carbocycles. The molecule has 4 aromatic rings. The number of nitrogens with zero attached hydrogens (tertiary/aromatic N) is 4. The van der Waals surface area contributed by atoms with Gasteiger partial charge in [0.15, 0.2) is 0 Å². The zero-order valence-corrected chi connectivity index (χ0v) is 32.8. The van der Waals surface area contributed by atoms with Gasteiger partial charge in [-0.15, -0.1) is 0 Å². The number of aromatic nitrogens is 4. The summed E-state index contributed by atoms with van der Waals surface area (Å²) in [6, 6.07) is 14.7. The molecule has 2 aromatic carbocycles. The van der Waals surface area contributed by atoms with E-state index in [0.717, 1.165) is 66.4 Å². The summed E-state index contributed by atoms with van der Waals surface area (Å²) in [5, 5.41) is 2.80. The van der Waals surface area contributed by atoms with Gasteiger partial charge in [0.05, 0.1) is 35.9 Å². The van der Waals surface area contributed by atoms with Gasteiger partial charge in [0.2, 0.25) is 11.8 Å². The molecule has 2 fully saturated rings. The number of likely N-dealkylation sites (tertiary alicyclic amines) is 2. The molecule has 0 unspecified atom stereocenters. The zero-order valence-electron chi connectivity index (χ0n) is 32.8. The summed E-state index contributed by atoms with van der Waals surface area (Å²) >= 11 is 0. The van der Waals surface area contributed by atoms with Crippen molar-refractivity contribution >= 4 is 17.9 Å². The first-order chi connectivity index (χ1) is 25.7. The van der Waals surface area contributed by atoms with Crippen molar-refractivity contribution in [2.24, 2.45) is 17.8 Å². The van der Waals surface area contributed by atoms with E-state index in [2.05, 4.69) is 39.1 Å². The maximum absolute atomic E-state index is 13.7. The lowest BCUT2D eigenvalue weighted by Crippen LogP contribution is -2.52. The summed E-state index contributed by atoms with van der Waals surface area (Å²) in [7, 11) is 0. The summed E-state index contributed by atoms with van der Waals surface area (Å²) in [5.41, 5.74) is 3.01. The molecular formula is C42H55N7O5. The van der Waals surface area contributed by atoms with E-state index in [1.807, 2.05) is 85.3 Å². The number of nitrogens with one attached hydrogen (secondary N) is 3. The lowest BCUT2D eigenvalue weighted by atomic mass is 9.96. The Kier molecular flexibility index (Phi) is 11.5. The molecule has 3 amide bonds. The minimum Gasteiger partial charge on any atom is -0.457 e. The van der Waals surface area contributed by atoms with Crippen molar-refractivity contribution in [1.29, 1.82) is 0 Å². The van der Waals surface area contributed by atoms with Crippen LogP contribution in [0.25, 0.3) is 22.5 Å². The molecule has 4 heterocycles. The number of hydrogen-bond donors (Lipinski definition) is 3. The van der Waals surface area contributed by atoms with Gasteiger partial charge in [0.1, 0.15) is 34.8 Å². The Bertz CT molecular complexity index is 1910. The van der Waals surface area contributed by atoms with Gasteiger partial charge in [-0.1, -0.05) is 34.6 Å². The van der Waals surface area contributed by atoms with Gasteiger partial charge in [0, 0.05) is 19.0 Å². The van der Waals surface area contributed by atoms with Crippen LogP contribution >= 0.6 is 0 Å². The standard InChI is InChI=1S/C42H55N7O5/c1-25(2)27(5)39(50)48-21-9-11-34(48)37-43-23-32(45-37)28-13-17-30(18-14-28)53-31-19-15-29(16-20-31)33-24-44-38(46-33)35-12-10-22-49(35)40(51)36(26(3)4)47-41(52)54-42(6,7)8/h13-20,23-27,34-36H,9-12,21-22H2,1-8H3,(H,43,45)(H,44,46)(H,47,52)/t27-,34+,35+,36-/m1/s1. The van der Waals surface area contributed by atoms with Crippen LogP contribution < -0.4 is 10.1 Å². The molecule has 0 aliphatic carbocycles. The highest BCUT2D eigenvalue weighted by Gasteiger charge is 2.38. The van der Waals surface area contributed by atoms with Crippen LogP contribution in [0, 0.1) is 17.8 Å². The molecular weight excluding hydrogens is 683 g/mol. The Labute approximate surface area is 318 Å². The van der Waals surface area contributed by atoms with Gasteiger partial charge in [0.25, 0.3) is 0 Å². The van der Waals surface area contributed by atoms with E-state index in [-0.39, 0.29) is 35.7 Å². The fourth-order valence-corrected chi connectivity index (χ4v) is 7.15. The first-order valence-corrected chi connectivity index (χ1v) is 19.3. The maximum Gasteiger partial charge on any atom is 0.408 e. The predicted octanol–water partition coefficient (Wildman–Crippen LogP) is 8.43. The van der Waals surface area contributed by atoms with E-state index in [4.69, 9.17) is 9.47 Å². The molecule has 0 bridgehead atoms. The van der Waals surface area contributed by atoms with Crippen molar-refractivity contribution < 1.29 is 23.9 Å². The van der Waals surface area contributed by atoms with Crippen molar-refractivity contribution in [1.82, 2.24) is 35.1 Å². The molecule has 0 spiro atoms. The third kappa shape index (κ3) is 8.80. The third-order valence-corrected chi connectivity index (χ3v) is 10.5. The number of rotatable bonds is 11. The summed E-state index contributed by atoms with van der Waals surface area (Å²) < 4.78 is 11.6. The highest BCUT2D eigenvalue weighted by atomic mass is 16.6. The number of H-pyrrole nitrogens is 2. The van der Waals surface area contributed by atoms with E-state index in [0.29, 0.717) is 24.0 Å². The van der Waals surface area contributed by atoms with Crippen molar-refractivity contribution in [3.63, 3.8) is 0 Å². The van der Waals surface area contributed by atoms with Gasteiger partial charge >= 0.3 is 6.09 Å². The van der Waals surface area contributed by atoms with Crippen LogP contribution in [0.5, 0.6) is 11.5 Å². The monoisotopic (exact) mass is 737 g/mol. The number of hydrogen-bond acceptors (Lipinski definition) is 7. The van der Waals surface area contributed by atoms with E-state index in [9.17, 15) is 14.4 Å². The highest BCUT2D eigenvalue weighted by Crippen LogP contribution is 2.35. The van der Waals surface area contributed by atoms with E-state index < -0.39 is 17.7 Å². The van der Waals surface area contributed by atoms with Crippen molar-refractivity contribution in [2.45, 2.75) is 105 Å². The minimum atomic E-state index is -0.707. The second kappa shape index (κ2) is 16.1. The number of imidazole rings is 2. The van der Waals surface area contributed by atoms with E-state index in [1.165, 1.54) is 0 Å². The Morgan fingerprint density at radius 1 is 0.722 bits per heavy atom. The van der Waals surface area contributed by atoms with Crippen LogP contribution in [0.4, 0.5) is 4.79 Å². The fourth-order valence-electron chi connectivity index (χ4n) is 7.15. The number of carbonyl (C=O) groups excluding carboxylic acids is 3. The lowest BCUT2D eigenvalue weighted by Gasteiger charge is -2.31. The molecule has 2 aliphatic heterocycles. The molecule has 2 aromatic heterocycles. The molecule has 6 rings (SSSR count). The van der Waals surface area contributed by atoms with Crippen molar-refractivity contribution in [3.05, 3.63) is 72.6 Å². The summed E-state index contributed by atoms with van der Waals surface area (Å²) in [6.45, 7) is 16.8. The molecule has 3 N–H and O–H groups in total. The summed E-state index contributed by atoms with van der Waals surface area (Å²) in [4.78, 5) is 59.5. The smallest absolute Gasteiger partial charge is 0.408 e. The average Bonchev–Trinajstić information content (AvgIpc) is 3.96. The van der Waals surface area contributed by atoms with Gasteiger partial charge in [-0.25, -0.2) is 14.8 Å². The number of aromatic amines is 2. The first-order valence-electron chi connectivity index (χ1n) is 19.3. The lowest BCUT2D eigenvalue weighted by molar-refractivity contribution is -0.137. The second-order valence-electron chi connectivity index (χ2n) is 16.3. The molecule has 12 heteroatoms. The molecule has 288 valence electrons. The van der Waals surface area contributed by atoms with Crippen LogP contribution in [-0.2, 0) is 14.3 Å². The number of benzene rings is 2. The van der Waals surface area contributed by atoms with E-state index in [1.54, 1.807) is 27.0 Å².